The van der Waals surface area contributed by atoms with E-state index >= 15 is 0 Å². The molecule has 8 heteroatoms. The molecular formula is C26H26O8. The Morgan fingerprint density at radius 2 is 0.912 bits per heavy atom. The molecule has 0 radical (unpaired) electrons. The van der Waals surface area contributed by atoms with Crippen LogP contribution >= 0.6 is 0 Å². The Labute approximate surface area is 197 Å². The zero-order chi connectivity index (χ0) is 24.2. The van der Waals surface area contributed by atoms with Gasteiger partial charge in [0.25, 0.3) is 0 Å². The molecule has 8 nitrogen and oxygen atoms in total. The predicted octanol–water partition coefficient (Wildman–Crippen LogP) is 4.78. The first-order valence-corrected chi connectivity index (χ1v) is 10.8. The van der Waals surface area contributed by atoms with E-state index in [0.29, 0.717) is 26.1 Å². The summed E-state index contributed by atoms with van der Waals surface area (Å²) in [6, 6.07) is 20.9. The molecule has 0 bridgehead atoms. The average molecular weight is 466 g/mol. The molecule has 0 spiro atoms. The van der Waals surface area contributed by atoms with E-state index in [1.807, 2.05) is 60.7 Å². The van der Waals surface area contributed by atoms with Crippen molar-refractivity contribution in [2.75, 3.05) is 26.4 Å². The van der Waals surface area contributed by atoms with E-state index in [1.54, 1.807) is 0 Å². The highest BCUT2D eigenvalue weighted by atomic mass is 16.5. The monoisotopic (exact) mass is 466 g/mol. The van der Waals surface area contributed by atoms with Crippen LogP contribution in [0.1, 0.15) is 33.6 Å². The van der Waals surface area contributed by atoms with Gasteiger partial charge in [-0.1, -0.05) is 36.4 Å². The summed E-state index contributed by atoms with van der Waals surface area (Å²) in [5.41, 5.74) is -0.353. The highest BCUT2D eigenvalue weighted by Gasteiger charge is 2.21. The number of hydrogen-bond donors (Lipinski definition) is 2. The highest BCUT2D eigenvalue weighted by Crippen LogP contribution is 2.30. The Hall–Kier alpha value is -4.20. The Bertz CT molecular complexity index is 980. The lowest BCUT2D eigenvalue weighted by Gasteiger charge is -2.15. The SMILES string of the molecule is O=C(O)c1cc(OCCCOc2ccccc2)c(C(=O)O)cc1OCCCOc1ccccc1. The minimum absolute atomic E-state index is 0.0376. The number of benzene rings is 3. The third-order valence-electron chi connectivity index (χ3n) is 4.66. The second-order valence-corrected chi connectivity index (χ2v) is 7.18. The van der Waals surface area contributed by atoms with Crippen molar-refractivity contribution in [1.29, 1.82) is 0 Å². The van der Waals surface area contributed by atoms with E-state index in [0.717, 1.165) is 11.5 Å². The molecule has 0 fully saturated rings. The molecule has 178 valence electrons. The molecule has 2 N–H and O–H groups in total. The van der Waals surface area contributed by atoms with E-state index in [4.69, 9.17) is 18.9 Å². The standard InChI is InChI=1S/C26H26O8/c27-25(28)21-18-24(34-16-8-14-32-20-11-5-2-6-12-20)22(26(29)30)17-23(21)33-15-7-13-31-19-9-3-1-4-10-19/h1-6,9-12,17-18H,7-8,13-16H2,(H,27,28)(H,29,30). The molecular weight excluding hydrogens is 440 g/mol. The molecule has 0 aromatic heterocycles. The Morgan fingerprint density at radius 1 is 0.559 bits per heavy atom. The fourth-order valence-electron chi connectivity index (χ4n) is 3.03. The second kappa shape index (κ2) is 12.7. The summed E-state index contributed by atoms with van der Waals surface area (Å²) < 4.78 is 22.3. The van der Waals surface area contributed by atoms with Crippen molar-refractivity contribution in [3.63, 3.8) is 0 Å². The van der Waals surface area contributed by atoms with Crippen LogP contribution in [0.15, 0.2) is 72.8 Å². The van der Waals surface area contributed by atoms with E-state index in [2.05, 4.69) is 0 Å². The Kier molecular flexibility index (Phi) is 9.16. The van der Waals surface area contributed by atoms with E-state index in [-0.39, 0.29) is 35.8 Å². The van der Waals surface area contributed by atoms with Crippen molar-refractivity contribution in [3.05, 3.63) is 83.9 Å². The largest absolute Gasteiger partial charge is 0.493 e. The van der Waals surface area contributed by atoms with Crippen molar-refractivity contribution in [1.82, 2.24) is 0 Å². The zero-order valence-electron chi connectivity index (χ0n) is 18.5. The summed E-state index contributed by atoms with van der Waals surface area (Å²) in [4.78, 5) is 23.5. The summed E-state index contributed by atoms with van der Waals surface area (Å²) in [5.74, 6) is -1.13. The molecule has 0 atom stereocenters. The molecule has 3 rings (SSSR count). The van der Waals surface area contributed by atoms with Gasteiger partial charge < -0.3 is 29.2 Å². The van der Waals surface area contributed by atoms with Gasteiger partial charge in [-0.3, -0.25) is 0 Å². The average Bonchev–Trinajstić information content (AvgIpc) is 2.85. The lowest BCUT2D eigenvalue weighted by molar-refractivity contribution is 0.0672. The summed E-state index contributed by atoms with van der Waals surface area (Å²) in [5, 5.41) is 19.2. The summed E-state index contributed by atoms with van der Waals surface area (Å²) in [7, 11) is 0. The minimum Gasteiger partial charge on any atom is -0.493 e. The summed E-state index contributed by atoms with van der Waals surface area (Å²) in [6.45, 7) is 1.04. The van der Waals surface area contributed by atoms with Crippen LogP contribution in [0, 0.1) is 0 Å². The molecule has 3 aromatic rings. The quantitative estimate of drug-likeness (QED) is 0.327. The molecule has 0 aliphatic rings. The molecule has 0 heterocycles. The number of carboxylic acid groups (broad SMARTS) is 2. The first-order chi connectivity index (χ1) is 16.5. The van der Waals surface area contributed by atoms with Crippen molar-refractivity contribution in [3.8, 4) is 23.0 Å². The Balaban J connectivity index is 1.56. The van der Waals surface area contributed by atoms with E-state index in [9.17, 15) is 19.8 Å². The van der Waals surface area contributed by atoms with Gasteiger partial charge in [0.2, 0.25) is 0 Å². The molecule has 0 saturated carbocycles. The number of hydrogen-bond acceptors (Lipinski definition) is 6. The fourth-order valence-corrected chi connectivity index (χ4v) is 3.03. The predicted molar refractivity (Wildman–Crippen MR) is 124 cm³/mol. The van der Waals surface area contributed by atoms with Gasteiger partial charge in [0.15, 0.2) is 0 Å². The van der Waals surface area contributed by atoms with Gasteiger partial charge in [-0.05, 0) is 36.4 Å². The van der Waals surface area contributed by atoms with Gasteiger partial charge in [0.05, 0.1) is 26.4 Å². The molecule has 3 aromatic carbocycles. The van der Waals surface area contributed by atoms with Crippen LogP contribution in [0.5, 0.6) is 23.0 Å². The van der Waals surface area contributed by atoms with E-state index in [1.165, 1.54) is 12.1 Å². The van der Waals surface area contributed by atoms with Crippen LogP contribution in [-0.4, -0.2) is 48.6 Å². The lowest BCUT2D eigenvalue weighted by atomic mass is 10.1. The maximum absolute atomic E-state index is 11.7. The molecule has 34 heavy (non-hydrogen) atoms. The number of carboxylic acids is 2. The van der Waals surface area contributed by atoms with Crippen molar-refractivity contribution >= 4 is 11.9 Å². The normalized spacial score (nSPS) is 10.4. The van der Waals surface area contributed by atoms with Crippen LogP contribution < -0.4 is 18.9 Å². The number of carbonyl (C=O) groups is 2. The van der Waals surface area contributed by atoms with Gasteiger partial charge in [-0.2, -0.15) is 0 Å². The third-order valence-corrected chi connectivity index (χ3v) is 4.66. The third kappa shape index (κ3) is 7.44. The topological polar surface area (TPSA) is 112 Å². The molecule has 0 unspecified atom stereocenters. The highest BCUT2D eigenvalue weighted by molar-refractivity contribution is 5.97. The van der Waals surface area contributed by atoms with Crippen molar-refractivity contribution in [2.45, 2.75) is 12.8 Å². The first kappa shape index (κ1) is 24.4. The first-order valence-electron chi connectivity index (χ1n) is 10.8. The number of ether oxygens (including phenoxy) is 4. The van der Waals surface area contributed by atoms with Crippen LogP contribution in [0.25, 0.3) is 0 Å². The molecule has 0 saturated heterocycles. The van der Waals surface area contributed by atoms with Gasteiger partial charge in [-0.15, -0.1) is 0 Å². The Morgan fingerprint density at radius 3 is 1.26 bits per heavy atom. The fraction of sp³-hybridized carbons (Fsp3) is 0.231. The zero-order valence-corrected chi connectivity index (χ0v) is 18.5. The van der Waals surface area contributed by atoms with Gasteiger partial charge in [0.1, 0.15) is 34.1 Å². The number of aromatic carboxylic acids is 2. The van der Waals surface area contributed by atoms with Crippen molar-refractivity contribution < 1.29 is 38.7 Å². The van der Waals surface area contributed by atoms with Crippen LogP contribution in [0.2, 0.25) is 0 Å². The minimum atomic E-state index is -1.25. The molecule has 0 amide bonds. The number of rotatable bonds is 14. The molecule has 0 aliphatic heterocycles. The van der Waals surface area contributed by atoms with Crippen LogP contribution in [0.4, 0.5) is 0 Å². The van der Waals surface area contributed by atoms with Crippen LogP contribution in [-0.2, 0) is 0 Å². The van der Waals surface area contributed by atoms with Gasteiger partial charge >= 0.3 is 11.9 Å². The smallest absolute Gasteiger partial charge is 0.339 e. The van der Waals surface area contributed by atoms with Gasteiger partial charge in [0, 0.05) is 12.8 Å². The van der Waals surface area contributed by atoms with Gasteiger partial charge in [-0.25, -0.2) is 9.59 Å². The second-order valence-electron chi connectivity index (χ2n) is 7.18. The number of para-hydroxylation sites is 2. The maximum atomic E-state index is 11.7. The van der Waals surface area contributed by atoms with E-state index < -0.39 is 11.9 Å². The van der Waals surface area contributed by atoms with Crippen LogP contribution in [0.3, 0.4) is 0 Å². The lowest BCUT2D eigenvalue weighted by Crippen LogP contribution is -2.12. The van der Waals surface area contributed by atoms with Crippen molar-refractivity contribution in [2.24, 2.45) is 0 Å². The maximum Gasteiger partial charge on any atom is 0.339 e. The summed E-state index contributed by atoms with van der Waals surface area (Å²) >= 11 is 0. The molecule has 0 aliphatic carbocycles. The summed E-state index contributed by atoms with van der Waals surface area (Å²) in [6.07, 6.45) is 0.964.